The van der Waals surface area contributed by atoms with Crippen LogP contribution in [0.1, 0.15) is 56.3 Å². The van der Waals surface area contributed by atoms with E-state index in [1.165, 1.54) is 6.26 Å². The summed E-state index contributed by atoms with van der Waals surface area (Å²) in [4.78, 5) is 24.2. The predicted molar refractivity (Wildman–Crippen MR) is 89.4 cm³/mol. The van der Waals surface area contributed by atoms with Crippen molar-refractivity contribution >= 4 is 22.7 Å². The van der Waals surface area contributed by atoms with Crippen LogP contribution in [0.25, 0.3) is 11.0 Å². The molecular weight excluding hydrogens is 292 g/mol. The molecule has 0 aliphatic heterocycles. The normalized spacial score (nSPS) is 12.3. The Morgan fingerprint density at radius 3 is 2.74 bits per heavy atom. The number of para-hydroxylation sites is 1. The van der Waals surface area contributed by atoms with E-state index in [0.717, 1.165) is 31.1 Å². The lowest BCUT2D eigenvalue weighted by atomic mass is 10.0. The van der Waals surface area contributed by atoms with Crippen molar-refractivity contribution in [2.75, 3.05) is 6.61 Å². The van der Waals surface area contributed by atoms with Gasteiger partial charge in [-0.05, 0) is 18.4 Å². The van der Waals surface area contributed by atoms with Crippen molar-refractivity contribution in [3.05, 3.63) is 36.1 Å². The SMILES string of the molecule is CCCCC(CC)COC(=O)CC(=O)c1coc2ccccc12. The summed E-state index contributed by atoms with van der Waals surface area (Å²) in [6.45, 7) is 4.64. The van der Waals surface area contributed by atoms with Crippen LogP contribution in [0.5, 0.6) is 0 Å². The Labute approximate surface area is 136 Å². The van der Waals surface area contributed by atoms with E-state index < -0.39 is 5.97 Å². The number of unbranched alkanes of at least 4 members (excludes halogenated alkanes) is 1. The van der Waals surface area contributed by atoms with Crippen LogP contribution >= 0.6 is 0 Å². The first-order valence-corrected chi connectivity index (χ1v) is 8.30. The smallest absolute Gasteiger partial charge is 0.313 e. The van der Waals surface area contributed by atoms with Crippen molar-refractivity contribution in [2.45, 2.75) is 46.0 Å². The molecule has 1 aromatic carbocycles. The van der Waals surface area contributed by atoms with Gasteiger partial charge in [0.25, 0.3) is 0 Å². The van der Waals surface area contributed by atoms with Crippen molar-refractivity contribution in [1.82, 2.24) is 0 Å². The average molecular weight is 316 g/mol. The molecule has 0 saturated carbocycles. The Kier molecular flexibility index (Phi) is 6.39. The maximum absolute atomic E-state index is 12.3. The van der Waals surface area contributed by atoms with Gasteiger partial charge in [0.1, 0.15) is 18.3 Å². The molecule has 4 heteroatoms. The topological polar surface area (TPSA) is 56.5 Å². The number of carbonyl (C=O) groups is 2. The van der Waals surface area contributed by atoms with Crippen molar-refractivity contribution in [2.24, 2.45) is 5.92 Å². The molecule has 0 saturated heterocycles. The van der Waals surface area contributed by atoms with Crippen molar-refractivity contribution < 1.29 is 18.7 Å². The maximum Gasteiger partial charge on any atom is 0.313 e. The quantitative estimate of drug-likeness (QED) is 0.380. The Hall–Kier alpha value is -2.10. The highest BCUT2D eigenvalue weighted by molar-refractivity contribution is 6.12. The van der Waals surface area contributed by atoms with E-state index in [2.05, 4.69) is 13.8 Å². The molecule has 1 unspecified atom stereocenters. The van der Waals surface area contributed by atoms with Crippen LogP contribution in [0, 0.1) is 5.92 Å². The second-order valence-electron chi connectivity index (χ2n) is 5.85. The molecule has 0 N–H and O–H groups in total. The number of rotatable bonds is 9. The highest BCUT2D eigenvalue weighted by Crippen LogP contribution is 2.22. The summed E-state index contributed by atoms with van der Waals surface area (Å²) in [5, 5.41) is 0.736. The first kappa shape index (κ1) is 17.3. The Balaban J connectivity index is 1.88. The summed E-state index contributed by atoms with van der Waals surface area (Å²) < 4.78 is 10.6. The number of ketones is 1. The van der Waals surface area contributed by atoms with E-state index in [1.54, 1.807) is 6.07 Å². The minimum Gasteiger partial charge on any atom is -0.465 e. The summed E-state index contributed by atoms with van der Waals surface area (Å²) in [7, 11) is 0. The van der Waals surface area contributed by atoms with Crippen LogP contribution in [-0.4, -0.2) is 18.4 Å². The zero-order valence-corrected chi connectivity index (χ0v) is 13.8. The zero-order chi connectivity index (χ0) is 16.7. The largest absolute Gasteiger partial charge is 0.465 e. The number of hydrogen-bond donors (Lipinski definition) is 0. The first-order chi connectivity index (χ1) is 11.2. The van der Waals surface area contributed by atoms with Gasteiger partial charge in [-0.25, -0.2) is 0 Å². The van der Waals surface area contributed by atoms with Crippen molar-refractivity contribution in [1.29, 1.82) is 0 Å². The zero-order valence-electron chi connectivity index (χ0n) is 13.8. The molecule has 1 atom stereocenters. The van der Waals surface area contributed by atoms with Crippen LogP contribution in [0.2, 0.25) is 0 Å². The van der Waals surface area contributed by atoms with E-state index in [0.29, 0.717) is 23.7 Å². The van der Waals surface area contributed by atoms with Gasteiger partial charge < -0.3 is 9.15 Å². The molecule has 2 aromatic rings. The molecule has 0 fully saturated rings. The van der Waals surface area contributed by atoms with Crippen LogP contribution in [0.4, 0.5) is 0 Å². The van der Waals surface area contributed by atoms with Gasteiger partial charge in [-0.1, -0.05) is 51.3 Å². The molecule has 0 aliphatic carbocycles. The summed E-state index contributed by atoms with van der Waals surface area (Å²) in [5.74, 6) is -0.347. The molecule has 124 valence electrons. The fourth-order valence-corrected chi connectivity index (χ4v) is 2.58. The number of Topliss-reactive ketones (excluding diaryl/α,β-unsaturated/α-hetero) is 1. The van der Waals surface area contributed by atoms with Crippen LogP contribution < -0.4 is 0 Å². The molecule has 1 heterocycles. The number of ether oxygens (including phenoxy) is 1. The lowest BCUT2D eigenvalue weighted by molar-refractivity contribution is -0.144. The summed E-state index contributed by atoms with van der Waals surface area (Å²) >= 11 is 0. The van der Waals surface area contributed by atoms with Crippen LogP contribution in [0.3, 0.4) is 0 Å². The first-order valence-electron chi connectivity index (χ1n) is 8.30. The molecule has 0 amide bonds. The fourth-order valence-electron chi connectivity index (χ4n) is 2.58. The number of carbonyl (C=O) groups excluding carboxylic acids is 2. The minimum absolute atomic E-state index is 0.242. The molecule has 4 nitrogen and oxygen atoms in total. The van der Waals surface area contributed by atoms with Crippen molar-refractivity contribution in [3.63, 3.8) is 0 Å². The third kappa shape index (κ3) is 4.68. The Morgan fingerprint density at radius 1 is 1.22 bits per heavy atom. The van der Waals surface area contributed by atoms with Gasteiger partial charge in [0.05, 0.1) is 12.2 Å². The van der Waals surface area contributed by atoms with Gasteiger partial charge in [-0.2, -0.15) is 0 Å². The van der Waals surface area contributed by atoms with Crippen LogP contribution in [0.15, 0.2) is 34.9 Å². The average Bonchev–Trinajstić information content (AvgIpc) is 2.99. The Morgan fingerprint density at radius 2 is 2.00 bits per heavy atom. The predicted octanol–water partition coefficient (Wildman–Crippen LogP) is 4.77. The monoisotopic (exact) mass is 316 g/mol. The standard InChI is InChI=1S/C19H24O4/c1-3-5-8-14(4-2)12-23-19(21)11-17(20)16-13-22-18-10-7-6-9-15(16)18/h6-7,9-10,13-14H,3-5,8,11-12H2,1-2H3. The van der Waals surface area contributed by atoms with Crippen LogP contribution in [-0.2, 0) is 9.53 Å². The lowest BCUT2D eigenvalue weighted by Crippen LogP contribution is -2.16. The molecule has 0 bridgehead atoms. The van der Waals surface area contributed by atoms with Gasteiger partial charge in [0.15, 0.2) is 5.78 Å². The van der Waals surface area contributed by atoms with Gasteiger partial charge in [0.2, 0.25) is 0 Å². The third-order valence-electron chi connectivity index (χ3n) is 4.11. The molecular formula is C19H24O4. The molecule has 0 spiro atoms. The summed E-state index contributed by atoms with van der Waals surface area (Å²) in [5.41, 5.74) is 1.09. The van der Waals surface area contributed by atoms with Crippen molar-refractivity contribution in [3.8, 4) is 0 Å². The molecule has 0 radical (unpaired) electrons. The Bertz CT molecular complexity index is 656. The van der Waals surface area contributed by atoms with E-state index in [9.17, 15) is 9.59 Å². The van der Waals surface area contributed by atoms with E-state index in [-0.39, 0.29) is 12.2 Å². The van der Waals surface area contributed by atoms with Gasteiger partial charge in [-0.3, -0.25) is 9.59 Å². The summed E-state index contributed by atoms with van der Waals surface area (Å²) in [6, 6.07) is 7.29. The molecule has 1 aromatic heterocycles. The highest BCUT2D eigenvalue weighted by Gasteiger charge is 2.18. The number of hydrogen-bond acceptors (Lipinski definition) is 4. The van der Waals surface area contributed by atoms with E-state index in [4.69, 9.17) is 9.15 Å². The summed E-state index contributed by atoms with van der Waals surface area (Å²) in [6.07, 6.45) is 5.48. The second kappa shape index (κ2) is 8.51. The van der Waals surface area contributed by atoms with E-state index >= 15 is 0 Å². The van der Waals surface area contributed by atoms with Gasteiger partial charge in [0, 0.05) is 5.39 Å². The molecule has 2 rings (SSSR count). The third-order valence-corrected chi connectivity index (χ3v) is 4.11. The maximum atomic E-state index is 12.3. The second-order valence-corrected chi connectivity index (χ2v) is 5.85. The molecule has 0 aliphatic rings. The number of fused-ring (bicyclic) bond motifs is 1. The number of esters is 1. The lowest BCUT2D eigenvalue weighted by Gasteiger charge is -2.14. The van der Waals surface area contributed by atoms with E-state index in [1.807, 2.05) is 18.2 Å². The highest BCUT2D eigenvalue weighted by atomic mass is 16.5. The minimum atomic E-state index is -0.463. The number of benzene rings is 1. The number of furan rings is 1. The van der Waals surface area contributed by atoms with Gasteiger partial charge in [-0.15, -0.1) is 0 Å². The fraction of sp³-hybridized carbons (Fsp3) is 0.474. The molecule has 23 heavy (non-hydrogen) atoms. The van der Waals surface area contributed by atoms with Gasteiger partial charge >= 0.3 is 5.97 Å².